The molecule has 0 unspecified atom stereocenters. The van der Waals surface area contributed by atoms with Gasteiger partial charge in [0.15, 0.2) is 6.61 Å². The van der Waals surface area contributed by atoms with Gasteiger partial charge in [-0.3, -0.25) is 4.79 Å². The summed E-state index contributed by atoms with van der Waals surface area (Å²) in [7, 11) is 1.74. The molecule has 4 nitrogen and oxygen atoms in total. The Balaban J connectivity index is 2.08. The average Bonchev–Trinajstić information content (AvgIpc) is 2.44. The zero-order valence-corrected chi connectivity index (χ0v) is 9.96. The van der Waals surface area contributed by atoms with Crippen LogP contribution in [0.4, 0.5) is 5.69 Å². The molecule has 1 aromatic carbocycles. The van der Waals surface area contributed by atoms with Gasteiger partial charge in [0.2, 0.25) is 5.88 Å². The molecule has 0 spiro atoms. The molecule has 1 aliphatic rings. The fourth-order valence-electron chi connectivity index (χ4n) is 1.94. The van der Waals surface area contributed by atoms with Crippen LogP contribution in [0.5, 0.6) is 5.88 Å². The fraction of sp³-hybridized carbons (Fsp3) is 0.143. The number of anilines is 1. The maximum absolute atomic E-state index is 11.6. The Hall–Kier alpha value is -2.36. The summed E-state index contributed by atoms with van der Waals surface area (Å²) in [6, 6.07) is 11.9. The normalized spacial score (nSPS) is 14.1. The third kappa shape index (κ3) is 1.72. The van der Waals surface area contributed by atoms with E-state index in [2.05, 4.69) is 4.98 Å². The number of nitrogens with zero attached hydrogens (tertiary/aromatic N) is 2. The number of likely N-dealkylation sites (N-methyl/N-ethyl adjacent to an activating group) is 1. The van der Waals surface area contributed by atoms with Gasteiger partial charge in [-0.15, -0.1) is 0 Å². The van der Waals surface area contributed by atoms with Crippen LogP contribution in [0.25, 0.3) is 11.1 Å². The molecule has 0 fully saturated rings. The van der Waals surface area contributed by atoms with E-state index in [0.717, 1.165) is 11.1 Å². The molecule has 2 heterocycles. The summed E-state index contributed by atoms with van der Waals surface area (Å²) in [5.74, 6) is 0.450. The molecule has 1 aliphatic heterocycles. The second kappa shape index (κ2) is 4.14. The molecule has 0 saturated carbocycles. The van der Waals surface area contributed by atoms with Crippen LogP contribution in [-0.4, -0.2) is 24.5 Å². The molecule has 0 atom stereocenters. The summed E-state index contributed by atoms with van der Waals surface area (Å²) in [6.07, 6.45) is 1.76. The number of rotatable bonds is 1. The highest BCUT2D eigenvalue weighted by atomic mass is 16.5. The highest BCUT2D eigenvalue weighted by Gasteiger charge is 2.23. The van der Waals surface area contributed by atoms with Crippen LogP contribution < -0.4 is 9.64 Å². The summed E-state index contributed by atoms with van der Waals surface area (Å²) in [6.45, 7) is 0.0567. The molecule has 0 saturated heterocycles. The molecule has 3 rings (SSSR count). The molecule has 4 heteroatoms. The number of fused-ring (bicyclic) bond motifs is 1. The number of ether oxygens (including phenoxy) is 1. The van der Waals surface area contributed by atoms with Gasteiger partial charge >= 0.3 is 0 Å². The van der Waals surface area contributed by atoms with Gasteiger partial charge in [0.05, 0.1) is 0 Å². The van der Waals surface area contributed by atoms with Gasteiger partial charge in [-0.25, -0.2) is 4.98 Å². The summed E-state index contributed by atoms with van der Waals surface area (Å²) >= 11 is 0. The number of benzene rings is 1. The van der Waals surface area contributed by atoms with E-state index in [-0.39, 0.29) is 12.5 Å². The lowest BCUT2D eigenvalue weighted by Gasteiger charge is -2.25. The number of hydrogen-bond donors (Lipinski definition) is 0. The number of aromatic nitrogens is 1. The molecule has 90 valence electrons. The largest absolute Gasteiger partial charge is 0.466 e. The Labute approximate surface area is 105 Å². The predicted octanol–water partition coefficient (Wildman–Crippen LogP) is 2.10. The van der Waals surface area contributed by atoms with Crippen molar-refractivity contribution in [3.63, 3.8) is 0 Å². The minimum atomic E-state index is -0.0606. The van der Waals surface area contributed by atoms with Crippen molar-refractivity contribution in [3.05, 3.63) is 42.6 Å². The Morgan fingerprint density at radius 2 is 2.00 bits per heavy atom. The van der Waals surface area contributed by atoms with Crippen molar-refractivity contribution in [3.8, 4) is 17.0 Å². The fourth-order valence-corrected chi connectivity index (χ4v) is 1.94. The number of carbonyl (C=O) groups is 1. The Morgan fingerprint density at radius 3 is 2.78 bits per heavy atom. The quantitative estimate of drug-likeness (QED) is 0.766. The second-order valence-corrected chi connectivity index (χ2v) is 4.16. The van der Waals surface area contributed by atoms with Crippen LogP contribution in [0.3, 0.4) is 0 Å². The van der Waals surface area contributed by atoms with E-state index < -0.39 is 0 Å². The maximum atomic E-state index is 11.6. The molecule has 0 aliphatic carbocycles. The van der Waals surface area contributed by atoms with Gasteiger partial charge in [-0.2, -0.15) is 0 Å². The zero-order chi connectivity index (χ0) is 12.5. The van der Waals surface area contributed by atoms with Crippen molar-refractivity contribution in [2.45, 2.75) is 0 Å². The van der Waals surface area contributed by atoms with Crippen LogP contribution in [0.1, 0.15) is 0 Å². The monoisotopic (exact) mass is 240 g/mol. The van der Waals surface area contributed by atoms with Crippen LogP contribution in [0.15, 0.2) is 42.6 Å². The van der Waals surface area contributed by atoms with Crippen molar-refractivity contribution in [2.75, 3.05) is 18.6 Å². The molecule has 18 heavy (non-hydrogen) atoms. The molecule has 1 amide bonds. The Kier molecular flexibility index (Phi) is 2.48. The van der Waals surface area contributed by atoms with E-state index in [1.54, 1.807) is 18.1 Å². The van der Waals surface area contributed by atoms with Crippen molar-refractivity contribution < 1.29 is 9.53 Å². The molecular weight excluding hydrogens is 228 g/mol. The van der Waals surface area contributed by atoms with Gasteiger partial charge in [-0.05, 0) is 11.6 Å². The van der Waals surface area contributed by atoms with E-state index in [0.29, 0.717) is 11.6 Å². The number of carbonyl (C=O) groups excluding carboxylic acids is 1. The van der Waals surface area contributed by atoms with Crippen molar-refractivity contribution >= 4 is 11.6 Å². The van der Waals surface area contributed by atoms with E-state index >= 15 is 0 Å². The first-order valence-electron chi connectivity index (χ1n) is 5.70. The summed E-state index contributed by atoms with van der Waals surface area (Å²) in [4.78, 5) is 17.4. The van der Waals surface area contributed by atoms with Crippen molar-refractivity contribution in [1.82, 2.24) is 4.98 Å². The van der Waals surface area contributed by atoms with Crippen LogP contribution >= 0.6 is 0 Å². The standard InChI is InChI=1S/C14H12N2O2/c1-16-12-7-11(10-5-3-2-4-6-10)8-15-14(12)18-9-13(16)17/h2-8H,9H2,1H3. The van der Waals surface area contributed by atoms with Crippen molar-refractivity contribution in [2.24, 2.45) is 0 Å². The molecule has 0 bridgehead atoms. The summed E-state index contributed by atoms with van der Waals surface area (Å²) < 4.78 is 5.29. The molecule has 2 aromatic rings. The number of amides is 1. The lowest BCUT2D eigenvalue weighted by molar-refractivity contribution is -0.121. The minimum Gasteiger partial charge on any atom is -0.466 e. The first-order valence-corrected chi connectivity index (χ1v) is 5.70. The minimum absolute atomic E-state index is 0.0567. The van der Waals surface area contributed by atoms with E-state index in [1.165, 1.54) is 0 Å². The number of pyridine rings is 1. The van der Waals surface area contributed by atoms with Crippen LogP contribution in [0, 0.1) is 0 Å². The van der Waals surface area contributed by atoms with Gasteiger partial charge in [0.1, 0.15) is 5.69 Å². The predicted molar refractivity (Wildman–Crippen MR) is 68.6 cm³/mol. The highest BCUT2D eigenvalue weighted by molar-refractivity contribution is 5.97. The Morgan fingerprint density at radius 1 is 1.22 bits per heavy atom. The first-order chi connectivity index (χ1) is 8.75. The zero-order valence-electron chi connectivity index (χ0n) is 9.96. The lowest BCUT2D eigenvalue weighted by Crippen LogP contribution is -2.35. The van der Waals surface area contributed by atoms with Gasteiger partial charge in [0, 0.05) is 18.8 Å². The maximum Gasteiger partial charge on any atom is 0.264 e. The van der Waals surface area contributed by atoms with Crippen LogP contribution in [0.2, 0.25) is 0 Å². The van der Waals surface area contributed by atoms with Crippen LogP contribution in [-0.2, 0) is 4.79 Å². The second-order valence-electron chi connectivity index (χ2n) is 4.16. The van der Waals surface area contributed by atoms with E-state index in [9.17, 15) is 4.79 Å². The van der Waals surface area contributed by atoms with E-state index in [4.69, 9.17) is 4.74 Å². The molecule has 0 radical (unpaired) electrons. The highest BCUT2D eigenvalue weighted by Crippen LogP contribution is 2.32. The smallest absolute Gasteiger partial charge is 0.264 e. The van der Waals surface area contributed by atoms with E-state index in [1.807, 2.05) is 36.4 Å². The third-order valence-corrected chi connectivity index (χ3v) is 3.01. The average molecular weight is 240 g/mol. The van der Waals surface area contributed by atoms with Gasteiger partial charge in [-0.1, -0.05) is 30.3 Å². The Bertz CT molecular complexity index is 596. The molecular formula is C14H12N2O2. The van der Waals surface area contributed by atoms with Gasteiger partial charge in [0.25, 0.3) is 5.91 Å². The lowest BCUT2D eigenvalue weighted by atomic mass is 10.1. The van der Waals surface area contributed by atoms with Crippen molar-refractivity contribution in [1.29, 1.82) is 0 Å². The number of hydrogen-bond acceptors (Lipinski definition) is 3. The SMILES string of the molecule is CN1C(=O)COc2ncc(-c3ccccc3)cc21. The molecule has 1 aromatic heterocycles. The third-order valence-electron chi connectivity index (χ3n) is 3.01. The summed E-state index contributed by atoms with van der Waals surface area (Å²) in [5.41, 5.74) is 2.76. The first kappa shape index (κ1) is 10.8. The van der Waals surface area contributed by atoms with Gasteiger partial charge < -0.3 is 9.64 Å². The topological polar surface area (TPSA) is 42.4 Å². The molecule has 0 N–H and O–H groups in total. The summed E-state index contributed by atoms with van der Waals surface area (Å²) in [5, 5.41) is 0.